The molecular weight excluding hydrogens is 651 g/mol. The van der Waals surface area contributed by atoms with Gasteiger partial charge in [-0.3, -0.25) is 0 Å². The maximum Gasteiger partial charge on any atom is 0.0538 e. The Kier molecular flexibility index (Phi) is 7.70. The molecular formula is C53H41N. The third-order valence-electron chi connectivity index (χ3n) is 11.6. The molecule has 1 aromatic heterocycles. The third kappa shape index (κ3) is 5.23. The molecule has 258 valence electrons. The summed E-state index contributed by atoms with van der Waals surface area (Å²) in [6, 6.07) is 60.7. The van der Waals surface area contributed by atoms with E-state index in [9.17, 15) is 0 Å². The summed E-state index contributed by atoms with van der Waals surface area (Å²) in [5.74, 6) is 0. The normalized spacial score (nSPS) is 12.7. The molecule has 0 fully saturated rings. The summed E-state index contributed by atoms with van der Waals surface area (Å²) < 4.78 is 2.50. The van der Waals surface area contributed by atoms with Crippen LogP contribution in [0.5, 0.6) is 0 Å². The van der Waals surface area contributed by atoms with Gasteiger partial charge >= 0.3 is 0 Å². The lowest BCUT2D eigenvalue weighted by Gasteiger charge is -2.21. The van der Waals surface area contributed by atoms with Crippen molar-refractivity contribution < 1.29 is 0 Å². The minimum absolute atomic E-state index is 0.971. The molecule has 1 heteroatoms. The Bertz CT molecular complexity index is 2900. The highest BCUT2D eigenvalue weighted by Crippen LogP contribution is 2.46. The largest absolute Gasteiger partial charge is 0.313 e. The molecule has 0 saturated heterocycles. The predicted octanol–water partition coefficient (Wildman–Crippen LogP) is 14.3. The van der Waals surface area contributed by atoms with Crippen LogP contribution in [0.25, 0.3) is 83.2 Å². The van der Waals surface area contributed by atoms with Crippen LogP contribution in [0, 0.1) is 20.8 Å². The van der Waals surface area contributed by atoms with Gasteiger partial charge in [-0.1, -0.05) is 139 Å². The van der Waals surface area contributed by atoms with Gasteiger partial charge in [0.25, 0.3) is 0 Å². The van der Waals surface area contributed by atoms with E-state index in [1.165, 1.54) is 111 Å². The van der Waals surface area contributed by atoms with Gasteiger partial charge in [-0.15, -0.1) is 0 Å². The number of aromatic nitrogens is 1. The van der Waals surface area contributed by atoms with E-state index < -0.39 is 0 Å². The highest BCUT2D eigenvalue weighted by molar-refractivity contribution is 6.22. The number of nitrogens with zero attached hydrogens (tertiary/aromatic N) is 1. The zero-order valence-corrected chi connectivity index (χ0v) is 31.0. The molecule has 0 aliphatic heterocycles. The molecule has 0 spiro atoms. The standard InChI is InChI=1S/C53H41N/c1-34-29-35(2)51(36(3)30-34)41-25-28-50-47(33-41)46-31-40(24-27-49(46)54(50)42-19-11-6-12-20-42)39-23-26-45-48(32-39)53(38-17-9-5-10-18-38)44-22-14-13-21-43(44)52(45)37-15-7-4-8-16-37/h4-23,25-26,28-33H,24,27H2,1-3H3. The van der Waals surface area contributed by atoms with E-state index in [2.05, 4.69) is 195 Å². The average Bonchev–Trinajstić information content (AvgIpc) is 3.53. The Labute approximate surface area is 317 Å². The van der Waals surface area contributed by atoms with Crippen LogP contribution in [0.3, 0.4) is 0 Å². The van der Waals surface area contributed by atoms with Gasteiger partial charge < -0.3 is 4.57 Å². The third-order valence-corrected chi connectivity index (χ3v) is 11.6. The van der Waals surface area contributed by atoms with E-state index in [1.54, 1.807) is 0 Å². The molecule has 54 heavy (non-hydrogen) atoms. The first-order valence-electron chi connectivity index (χ1n) is 19.1. The molecule has 0 unspecified atom stereocenters. The van der Waals surface area contributed by atoms with Crippen molar-refractivity contribution in [2.24, 2.45) is 0 Å². The second-order valence-corrected chi connectivity index (χ2v) is 15.0. The quantitative estimate of drug-likeness (QED) is 0.158. The minimum atomic E-state index is 0.971. The topological polar surface area (TPSA) is 4.93 Å². The Balaban J connectivity index is 1.22. The van der Waals surface area contributed by atoms with E-state index in [0.29, 0.717) is 0 Å². The monoisotopic (exact) mass is 691 g/mol. The molecule has 1 heterocycles. The molecule has 9 aromatic rings. The zero-order valence-electron chi connectivity index (χ0n) is 31.0. The number of hydrogen-bond donors (Lipinski definition) is 0. The molecule has 1 aliphatic rings. The van der Waals surface area contributed by atoms with Crippen LogP contribution >= 0.6 is 0 Å². The fourth-order valence-corrected chi connectivity index (χ4v) is 9.38. The molecule has 0 bridgehead atoms. The molecule has 8 aromatic carbocycles. The number of fused-ring (bicyclic) bond motifs is 5. The summed E-state index contributed by atoms with van der Waals surface area (Å²) in [5.41, 5.74) is 19.6. The zero-order chi connectivity index (χ0) is 36.3. The maximum atomic E-state index is 2.50. The van der Waals surface area contributed by atoms with E-state index in [0.717, 1.165) is 12.8 Å². The first-order chi connectivity index (χ1) is 26.5. The summed E-state index contributed by atoms with van der Waals surface area (Å²) in [5, 5.41) is 6.46. The lowest BCUT2D eigenvalue weighted by atomic mass is 9.83. The fourth-order valence-electron chi connectivity index (χ4n) is 9.38. The van der Waals surface area contributed by atoms with Crippen molar-refractivity contribution >= 4 is 44.1 Å². The highest BCUT2D eigenvalue weighted by Gasteiger charge is 2.24. The molecule has 1 nitrogen and oxygen atoms in total. The van der Waals surface area contributed by atoms with Gasteiger partial charge in [-0.25, -0.2) is 0 Å². The van der Waals surface area contributed by atoms with E-state index >= 15 is 0 Å². The van der Waals surface area contributed by atoms with Gasteiger partial charge in [-0.2, -0.15) is 0 Å². The van der Waals surface area contributed by atoms with Gasteiger partial charge in [0, 0.05) is 22.3 Å². The predicted molar refractivity (Wildman–Crippen MR) is 231 cm³/mol. The summed E-state index contributed by atoms with van der Waals surface area (Å²) in [4.78, 5) is 0. The number of hydrogen-bond acceptors (Lipinski definition) is 0. The van der Waals surface area contributed by atoms with Crippen molar-refractivity contribution in [2.45, 2.75) is 33.6 Å². The first-order valence-corrected chi connectivity index (χ1v) is 19.1. The Morgan fingerprint density at radius 3 is 1.59 bits per heavy atom. The lowest BCUT2D eigenvalue weighted by molar-refractivity contribution is 0.898. The number of aryl methyl sites for hydroxylation is 3. The number of rotatable bonds is 5. The summed E-state index contributed by atoms with van der Waals surface area (Å²) in [6.07, 6.45) is 4.45. The van der Waals surface area contributed by atoms with Crippen molar-refractivity contribution in [1.29, 1.82) is 0 Å². The smallest absolute Gasteiger partial charge is 0.0538 e. The van der Waals surface area contributed by atoms with Crippen LogP contribution in [0.15, 0.2) is 164 Å². The van der Waals surface area contributed by atoms with Crippen molar-refractivity contribution in [1.82, 2.24) is 4.57 Å². The minimum Gasteiger partial charge on any atom is -0.313 e. The van der Waals surface area contributed by atoms with E-state index in [-0.39, 0.29) is 0 Å². The molecule has 10 rings (SSSR count). The Morgan fingerprint density at radius 2 is 0.944 bits per heavy atom. The number of para-hydroxylation sites is 1. The summed E-state index contributed by atoms with van der Waals surface area (Å²) in [6.45, 7) is 6.69. The number of allylic oxidation sites excluding steroid dienone is 1. The van der Waals surface area contributed by atoms with Gasteiger partial charge in [0.05, 0.1) is 5.52 Å². The Hall–Kier alpha value is -6.44. The van der Waals surface area contributed by atoms with Crippen LogP contribution in [-0.4, -0.2) is 4.57 Å². The van der Waals surface area contributed by atoms with Crippen LogP contribution in [0.1, 0.15) is 39.9 Å². The van der Waals surface area contributed by atoms with Crippen LogP contribution in [-0.2, 0) is 6.42 Å². The van der Waals surface area contributed by atoms with Crippen LogP contribution in [0.2, 0.25) is 0 Å². The van der Waals surface area contributed by atoms with Gasteiger partial charge in [0.15, 0.2) is 0 Å². The summed E-state index contributed by atoms with van der Waals surface area (Å²) >= 11 is 0. The fraction of sp³-hybridized carbons (Fsp3) is 0.0943. The lowest BCUT2D eigenvalue weighted by Crippen LogP contribution is -2.05. The molecule has 0 atom stereocenters. The second-order valence-electron chi connectivity index (χ2n) is 15.0. The van der Waals surface area contributed by atoms with E-state index in [1.807, 2.05) is 0 Å². The summed E-state index contributed by atoms with van der Waals surface area (Å²) in [7, 11) is 0. The molecule has 0 N–H and O–H groups in total. The van der Waals surface area contributed by atoms with E-state index in [4.69, 9.17) is 0 Å². The second kappa shape index (κ2) is 12.9. The van der Waals surface area contributed by atoms with Crippen molar-refractivity contribution in [3.63, 3.8) is 0 Å². The van der Waals surface area contributed by atoms with Gasteiger partial charge in [0.2, 0.25) is 0 Å². The molecule has 0 amide bonds. The van der Waals surface area contributed by atoms with Crippen molar-refractivity contribution in [3.05, 3.63) is 197 Å². The van der Waals surface area contributed by atoms with Crippen molar-refractivity contribution in [3.8, 4) is 39.1 Å². The first kappa shape index (κ1) is 32.2. The maximum absolute atomic E-state index is 2.50. The van der Waals surface area contributed by atoms with Crippen LogP contribution < -0.4 is 0 Å². The molecule has 0 radical (unpaired) electrons. The number of benzene rings is 8. The Morgan fingerprint density at radius 1 is 0.407 bits per heavy atom. The van der Waals surface area contributed by atoms with Gasteiger partial charge in [0.1, 0.15) is 0 Å². The molecule has 1 aliphatic carbocycles. The van der Waals surface area contributed by atoms with Crippen molar-refractivity contribution in [2.75, 3.05) is 0 Å². The van der Waals surface area contributed by atoms with Gasteiger partial charge in [-0.05, 0) is 147 Å². The van der Waals surface area contributed by atoms with Crippen LogP contribution in [0.4, 0.5) is 0 Å². The molecule has 0 saturated carbocycles. The SMILES string of the molecule is Cc1cc(C)c(-c2ccc3c(c2)c2c(n3-c3ccccc3)CCC(c3ccc4c(-c5ccccc5)c5ccccc5c(-c5ccccc5)c4c3)=C2)c(C)c1. The average molecular weight is 692 g/mol. The highest BCUT2D eigenvalue weighted by atomic mass is 15.0.